The Morgan fingerprint density at radius 1 is 0.976 bits per heavy atom. The van der Waals surface area contributed by atoms with Crippen molar-refractivity contribution in [2.24, 2.45) is 0 Å². The lowest BCUT2D eigenvalue weighted by atomic mass is 9.97. The van der Waals surface area contributed by atoms with E-state index in [1.807, 2.05) is 66.7 Å². The highest BCUT2D eigenvalue weighted by Crippen LogP contribution is 2.44. The van der Waals surface area contributed by atoms with E-state index in [2.05, 4.69) is 17.4 Å². The van der Waals surface area contributed by atoms with Crippen molar-refractivity contribution >= 4 is 18.0 Å². The van der Waals surface area contributed by atoms with E-state index >= 15 is 0 Å². The Morgan fingerprint density at radius 3 is 2.17 bits per heavy atom. The summed E-state index contributed by atoms with van der Waals surface area (Å²) < 4.78 is 17.2. The number of carboxylic acids is 1. The molecular formula is C33H36N2O7. The molecule has 4 atom stereocenters. The molecule has 0 spiro atoms. The van der Waals surface area contributed by atoms with Gasteiger partial charge in [0.1, 0.15) is 18.2 Å². The van der Waals surface area contributed by atoms with Gasteiger partial charge in [-0.25, -0.2) is 9.59 Å². The Balaban J connectivity index is 1.34. The summed E-state index contributed by atoms with van der Waals surface area (Å²) in [7, 11) is 1.49. The Labute approximate surface area is 245 Å². The zero-order valence-electron chi connectivity index (χ0n) is 24.0. The van der Waals surface area contributed by atoms with Crippen LogP contribution in [0.25, 0.3) is 11.1 Å². The van der Waals surface area contributed by atoms with Gasteiger partial charge >= 0.3 is 12.1 Å². The number of nitrogens with one attached hydrogen (secondary N) is 1. The highest BCUT2D eigenvalue weighted by Gasteiger charge is 2.52. The number of likely N-dealkylation sites (tertiary alicyclic amines) is 1. The first kappa shape index (κ1) is 29.3. The van der Waals surface area contributed by atoms with E-state index in [0.717, 1.165) is 27.8 Å². The van der Waals surface area contributed by atoms with E-state index in [9.17, 15) is 19.5 Å². The summed E-state index contributed by atoms with van der Waals surface area (Å²) in [6.07, 6.45) is -1.91. The number of fused-ring (bicyclic) bond motifs is 3. The first-order chi connectivity index (χ1) is 20.2. The number of carbonyl (C=O) groups is 3. The largest absolute Gasteiger partial charge is 0.480 e. The van der Waals surface area contributed by atoms with Gasteiger partial charge in [-0.15, -0.1) is 0 Å². The van der Waals surface area contributed by atoms with E-state index < -0.39 is 41.8 Å². The van der Waals surface area contributed by atoms with E-state index in [-0.39, 0.29) is 32.1 Å². The Hall–Kier alpha value is -4.21. The number of ether oxygens (including phenoxy) is 3. The first-order valence-electron chi connectivity index (χ1n) is 14.1. The number of hydrogen-bond donors (Lipinski definition) is 2. The van der Waals surface area contributed by atoms with Crippen LogP contribution in [0.5, 0.6) is 0 Å². The van der Waals surface area contributed by atoms with Crippen LogP contribution < -0.4 is 5.32 Å². The number of alkyl carbamates (subject to hydrolysis) is 1. The van der Waals surface area contributed by atoms with Gasteiger partial charge in [-0.05, 0) is 41.7 Å². The maximum atomic E-state index is 14.0. The fourth-order valence-electron chi connectivity index (χ4n) is 5.93. The molecule has 0 radical (unpaired) electrons. The molecule has 2 amide bonds. The number of methoxy groups -OCH3 is 1. The highest BCUT2D eigenvalue weighted by atomic mass is 16.5. The van der Waals surface area contributed by atoms with Crippen molar-refractivity contribution in [2.75, 3.05) is 20.3 Å². The minimum absolute atomic E-state index is 0.0718. The Bertz CT molecular complexity index is 1400. The van der Waals surface area contributed by atoms with E-state index in [1.54, 1.807) is 6.92 Å². The van der Waals surface area contributed by atoms with Gasteiger partial charge in [0.05, 0.1) is 18.8 Å². The number of carbonyl (C=O) groups excluding carboxylic acids is 2. The van der Waals surface area contributed by atoms with Crippen molar-refractivity contribution in [2.45, 2.75) is 56.6 Å². The molecule has 1 aliphatic carbocycles. The summed E-state index contributed by atoms with van der Waals surface area (Å²) in [6, 6.07) is 24.3. The maximum Gasteiger partial charge on any atom is 0.407 e. The molecule has 220 valence electrons. The van der Waals surface area contributed by atoms with Crippen LogP contribution in [0, 0.1) is 0 Å². The Kier molecular flexibility index (Phi) is 8.61. The van der Waals surface area contributed by atoms with Crippen molar-refractivity contribution in [3.8, 4) is 11.1 Å². The Morgan fingerprint density at radius 2 is 1.57 bits per heavy atom. The molecule has 0 aromatic heterocycles. The second kappa shape index (κ2) is 12.3. The van der Waals surface area contributed by atoms with Gasteiger partial charge in [-0.2, -0.15) is 0 Å². The molecule has 9 nitrogen and oxygen atoms in total. The predicted molar refractivity (Wildman–Crippen MR) is 156 cm³/mol. The lowest BCUT2D eigenvalue weighted by Crippen LogP contribution is -2.60. The zero-order valence-corrected chi connectivity index (χ0v) is 24.0. The smallest absolute Gasteiger partial charge is 0.407 e. The van der Waals surface area contributed by atoms with Crippen molar-refractivity contribution in [1.82, 2.24) is 10.2 Å². The number of benzene rings is 3. The molecule has 3 aromatic rings. The average molecular weight is 573 g/mol. The van der Waals surface area contributed by atoms with E-state index in [0.29, 0.717) is 0 Å². The number of amides is 2. The predicted octanol–water partition coefficient (Wildman–Crippen LogP) is 4.59. The molecule has 1 aliphatic heterocycles. The molecule has 0 bridgehead atoms. The molecule has 5 rings (SSSR count). The maximum absolute atomic E-state index is 14.0. The van der Waals surface area contributed by atoms with Gasteiger partial charge in [-0.3, -0.25) is 4.79 Å². The van der Waals surface area contributed by atoms with Crippen LogP contribution in [-0.2, 0) is 30.4 Å². The fourth-order valence-corrected chi connectivity index (χ4v) is 5.93. The summed E-state index contributed by atoms with van der Waals surface area (Å²) in [4.78, 5) is 40.8. The molecule has 42 heavy (non-hydrogen) atoms. The highest BCUT2D eigenvalue weighted by molar-refractivity contribution is 5.92. The molecule has 1 heterocycles. The molecule has 0 saturated carbocycles. The molecule has 2 aliphatic rings. The third kappa shape index (κ3) is 5.75. The van der Waals surface area contributed by atoms with Gasteiger partial charge in [0.2, 0.25) is 5.91 Å². The van der Waals surface area contributed by atoms with Crippen LogP contribution in [0.15, 0.2) is 78.9 Å². The van der Waals surface area contributed by atoms with Gasteiger partial charge in [0, 0.05) is 26.0 Å². The first-order valence-corrected chi connectivity index (χ1v) is 14.1. The van der Waals surface area contributed by atoms with Crippen molar-refractivity contribution in [3.05, 3.63) is 95.6 Å². The van der Waals surface area contributed by atoms with Crippen LogP contribution in [0.2, 0.25) is 0 Å². The minimum Gasteiger partial charge on any atom is -0.480 e. The van der Waals surface area contributed by atoms with Gasteiger partial charge in [0.25, 0.3) is 0 Å². The average Bonchev–Trinajstić information content (AvgIpc) is 3.53. The number of hydrogen-bond acceptors (Lipinski definition) is 6. The number of nitrogens with zero attached hydrogens (tertiary/aromatic N) is 1. The summed E-state index contributed by atoms with van der Waals surface area (Å²) in [5.41, 5.74) is 3.74. The van der Waals surface area contributed by atoms with Crippen LogP contribution in [0.3, 0.4) is 0 Å². The molecule has 1 saturated heterocycles. The molecule has 1 fully saturated rings. The monoisotopic (exact) mass is 572 g/mol. The molecular weight excluding hydrogens is 536 g/mol. The fraction of sp³-hybridized carbons (Fsp3) is 0.364. The van der Waals surface area contributed by atoms with Crippen molar-refractivity contribution in [1.29, 1.82) is 0 Å². The van der Waals surface area contributed by atoms with Crippen LogP contribution in [-0.4, -0.2) is 72.0 Å². The third-order valence-corrected chi connectivity index (χ3v) is 8.38. The third-order valence-electron chi connectivity index (χ3n) is 8.38. The van der Waals surface area contributed by atoms with Gasteiger partial charge in [0.15, 0.2) is 0 Å². The zero-order chi connectivity index (χ0) is 29.9. The lowest BCUT2D eigenvalue weighted by molar-refractivity contribution is -0.157. The topological polar surface area (TPSA) is 114 Å². The minimum atomic E-state index is -1.50. The molecule has 4 unspecified atom stereocenters. The lowest BCUT2D eigenvalue weighted by Gasteiger charge is -2.35. The summed E-state index contributed by atoms with van der Waals surface area (Å²) >= 11 is 0. The van der Waals surface area contributed by atoms with E-state index in [4.69, 9.17) is 14.2 Å². The normalized spacial score (nSPS) is 20.8. The molecule has 2 N–H and O–H groups in total. The second-order valence-corrected chi connectivity index (χ2v) is 11.0. The summed E-state index contributed by atoms with van der Waals surface area (Å²) in [5.74, 6) is -1.87. The second-order valence-electron chi connectivity index (χ2n) is 11.0. The quantitative estimate of drug-likeness (QED) is 0.365. The van der Waals surface area contributed by atoms with Gasteiger partial charge < -0.3 is 29.5 Å². The van der Waals surface area contributed by atoms with E-state index in [1.165, 1.54) is 18.9 Å². The number of carboxylic acid groups (broad SMARTS) is 1. The molecule has 3 aromatic carbocycles. The van der Waals surface area contributed by atoms with Gasteiger partial charge in [-0.1, -0.05) is 78.9 Å². The van der Waals surface area contributed by atoms with Crippen LogP contribution >= 0.6 is 0 Å². The molecule has 9 heteroatoms. The van der Waals surface area contributed by atoms with Crippen LogP contribution in [0.1, 0.15) is 42.9 Å². The SMILES string of the molecule is COC1CN(C(=O)C(NC(=O)OCC2c3ccccc3-c3ccccc32)C(C)OCc2ccccc2)C(C)(C(=O)O)C1. The standard InChI is InChI=1S/C33H36N2O7/c1-21(41-19-22-11-5-4-6-12-22)29(30(36)35-18-23(40-3)17-33(35,2)31(37)38)34-32(39)42-20-28-26-15-9-7-13-24(26)25-14-8-10-16-27(25)28/h4-16,21,23,28-29H,17-20H2,1-3H3,(H,34,39)(H,37,38). The number of rotatable bonds is 10. The van der Waals surface area contributed by atoms with Crippen LogP contribution in [0.4, 0.5) is 4.79 Å². The number of aliphatic carboxylic acids is 1. The van der Waals surface area contributed by atoms with Crippen molar-refractivity contribution < 1.29 is 33.7 Å². The summed E-state index contributed by atoms with van der Waals surface area (Å²) in [5, 5.41) is 12.7. The summed E-state index contributed by atoms with van der Waals surface area (Å²) in [6.45, 7) is 3.52. The van der Waals surface area contributed by atoms with Crippen molar-refractivity contribution in [3.63, 3.8) is 0 Å².